The Labute approximate surface area is 93.5 Å². The second kappa shape index (κ2) is 5.31. The van der Waals surface area contributed by atoms with E-state index < -0.39 is 0 Å². The molecule has 2 heteroatoms. The molecule has 0 aromatic rings. The van der Waals surface area contributed by atoms with Gasteiger partial charge in [-0.15, -0.1) is 0 Å². The normalized spacial score (nSPS) is 34.0. The van der Waals surface area contributed by atoms with Crippen molar-refractivity contribution in [3.63, 3.8) is 0 Å². The Morgan fingerprint density at radius 2 is 2.07 bits per heavy atom. The van der Waals surface area contributed by atoms with Crippen molar-refractivity contribution in [1.82, 2.24) is 5.32 Å². The summed E-state index contributed by atoms with van der Waals surface area (Å²) in [5, 5.41) is 13.0. The van der Waals surface area contributed by atoms with E-state index >= 15 is 0 Å². The van der Waals surface area contributed by atoms with E-state index in [0.717, 1.165) is 24.3 Å². The van der Waals surface area contributed by atoms with Crippen LogP contribution in [-0.2, 0) is 0 Å². The van der Waals surface area contributed by atoms with Crippen LogP contribution in [0.4, 0.5) is 0 Å². The summed E-state index contributed by atoms with van der Waals surface area (Å²) in [5.41, 5.74) is 0. The molecule has 0 bridgehead atoms. The van der Waals surface area contributed by atoms with E-state index in [2.05, 4.69) is 12.2 Å². The van der Waals surface area contributed by atoms with E-state index in [-0.39, 0.29) is 0 Å². The van der Waals surface area contributed by atoms with Crippen molar-refractivity contribution < 1.29 is 5.11 Å². The molecule has 0 aromatic carbocycles. The summed E-state index contributed by atoms with van der Waals surface area (Å²) in [7, 11) is 0. The molecule has 2 nitrogen and oxygen atoms in total. The molecule has 15 heavy (non-hydrogen) atoms. The predicted octanol–water partition coefficient (Wildman–Crippen LogP) is 2.17. The van der Waals surface area contributed by atoms with Crippen molar-refractivity contribution in [2.45, 2.75) is 51.5 Å². The predicted molar refractivity (Wildman–Crippen MR) is 62.7 cm³/mol. The van der Waals surface area contributed by atoms with Gasteiger partial charge in [0.15, 0.2) is 0 Å². The maximum atomic E-state index is 9.44. The Morgan fingerprint density at radius 1 is 1.27 bits per heavy atom. The highest BCUT2D eigenvalue weighted by atomic mass is 16.3. The van der Waals surface area contributed by atoms with Crippen LogP contribution in [0.3, 0.4) is 0 Å². The molecular weight excluding hydrogens is 186 g/mol. The molecule has 0 radical (unpaired) electrons. The third-order valence-electron chi connectivity index (χ3n) is 4.11. The Bertz CT molecular complexity index is 191. The fourth-order valence-electron chi connectivity index (χ4n) is 2.87. The lowest BCUT2D eigenvalue weighted by molar-refractivity contribution is 0.152. The number of nitrogens with one attached hydrogen (secondary N) is 1. The zero-order valence-electron chi connectivity index (χ0n) is 9.91. The first-order valence-electron chi connectivity index (χ1n) is 6.64. The molecule has 0 amide bonds. The molecule has 0 aromatic heterocycles. The molecule has 2 aliphatic rings. The SMILES string of the molecule is CC1CCCC(C(CO)NCC2CC2)C1. The van der Waals surface area contributed by atoms with E-state index in [1.54, 1.807) is 0 Å². The molecule has 2 N–H and O–H groups in total. The van der Waals surface area contributed by atoms with Gasteiger partial charge < -0.3 is 10.4 Å². The van der Waals surface area contributed by atoms with E-state index in [1.807, 2.05) is 0 Å². The molecule has 3 atom stereocenters. The average Bonchev–Trinajstić information content (AvgIpc) is 3.03. The summed E-state index contributed by atoms with van der Waals surface area (Å²) in [4.78, 5) is 0. The first kappa shape index (κ1) is 11.4. The monoisotopic (exact) mass is 211 g/mol. The van der Waals surface area contributed by atoms with Crippen molar-refractivity contribution in [3.8, 4) is 0 Å². The molecule has 88 valence electrons. The van der Waals surface area contributed by atoms with Crippen molar-refractivity contribution in [3.05, 3.63) is 0 Å². The van der Waals surface area contributed by atoms with Gasteiger partial charge in [-0.3, -0.25) is 0 Å². The third-order valence-corrected chi connectivity index (χ3v) is 4.11. The highest BCUT2D eigenvalue weighted by Gasteiger charge is 2.28. The van der Waals surface area contributed by atoms with Crippen molar-refractivity contribution in [2.75, 3.05) is 13.2 Å². The second-order valence-electron chi connectivity index (χ2n) is 5.67. The summed E-state index contributed by atoms with van der Waals surface area (Å²) >= 11 is 0. The van der Waals surface area contributed by atoms with Gasteiger partial charge in [-0.05, 0) is 50.0 Å². The zero-order valence-corrected chi connectivity index (χ0v) is 9.91. The van der Waals surface area contributed by atoms with Gasteiger partial charge in [0.1, 0.15) is 0 Å². The largest absolute Gasteiger partial charge is 0.395 e. The molecule has 2 saturated carbocycles. The molecule has 0 heterocycles. The van der Waals surface area contributed by atoms with Gasteiger partial charge in [0, 0.05) is 6.04 Å². The van der Waals surface area contributed by atoms with Crippen LogP contribution in [0, 0.1) is 17.8 Å². The summed E-state index contributed by atoms with van der Waals surface area (Å²) in [6.07, 6.45) is 8.15. The van der Waals surface area contributed by atoms with Crippen molar-refractivity contribution in [2.24, 2.45) is 17.8 Å². The minimum absolute atomic E-state index is 0.324. The van der Waals surface area contributed by atoms with E-state index in [0.29, 0.717) is 12.6 Å². The Kier molecular flexibility index (Phi) is 4.04. The minimum Gasteiger partial charge on any atom is -0.395 e. The summed E-state index contributed by atoms with van der Waals surface area (Å²) < 4.78 is 0. The van der Waals surface area contributed by atoms with Crippen LogP contribution in [0.25, 0.3) is 0 Å². The maximum Gasteiger partial charge on any atom is 0.0587 e. The highest BCUT2D eigenvalue weighted by Crippen LogP contribution is 2.32. The van der Waals surface area contributed by atoms with E-state index in [4.69, 9.17) is 0 Å². The minimum atomic E-state index is 0.324. The summed E-state index contributed by atoms with van der Waals surface area (Å²) in [6.45, 7) is 3.81. The summed E-state index contributed by atoms with van der Waals surface area (Å²) in [6, 6.07) is 0.369. The van der Waals surface area contributed by atoms with Crippen LogP contribution < -0.4 is 5.32 Å². The summed E-state index contributed by atoms with van der Waals surface area (Å²) in [5.74, 6) is 2.50. The average molecular weight is 211 g/mol. The molecule has 3 unspecified atom stereocenters. The molecule has 0 spiro atoms. The first-order valence-corrected chi connectivity index (χ1v) is 6.64. The van der Waals surface area contributed by atoms with Gasteiger partial charge in [0.2, 0.25) is 0 Å². The molecule has 0 saturated heterocycles. The van der Waals surface area contributed by atoms with Gasteiger partial charge in [-0.1, -0.05) is 19.8 Å². The quantitative estimate of drug-likeness (QED) is 0.730. The number of rotatable bonds is 5. The number of hydrogen-bond acceptors (Lipinski definition) is 2. The number of aliphatic hydroxyl groups excluding tert-OH is 1. The first-order chi connectivity index (χ1) is 7.29. The van der Waals surface area contributed by atoms with Crippen LogP contribution >= 0.6 is 0 Å². The fourth-order valence-corrected chi connectivity index (χ4v) is 2.87. The van der Waals surface area contributed by atoms with Gasteiger partial charge in [-0.2, -0.15) is 0 Å². The Balaban J connectivity index is 1.75. The standard InChI is InChI=1S/C13H25NO/c1-10-3-2-4-12(7-10)13(9-15)14-8-11-5-6-11/h10-15H,2-9H2,1H3. The van der Waals surface area contributed by atoms with Crippen LogP contribution in [0.2, 0.25) is 0 Å². The Hall–Kier alpha value is -0.0800. The van der Waals surface area contributed by atoms with Gasteiger partial charge in [0.25, 0.3) is 0 Å². The molecule has 2 rings (SSSR count). The van der Waals surface area contributed by atoms with Gasteiger partial charge in [0.05, 0.1) is 6.61 Å². The van der Waals surface area contributed by atoms with Crippen LogP contribution in [0.5, 0.6) is 0 Å². The maximum absolute atomic E-state index is 9.44. The highest BCUT2D eigenvalue weighted by molar-refractivity contribution is 4.84. The van der Waals surface area contributed by atoms with Gasteiger partial charge >= 0.3 is 0 Å². The van der Waals surface area contributed by atoms with Crippen LogP contribution in [0.15, 0.2) is 0 Å². The Morgan fingerprint density at radius 3 is 2.67 bits per heavy atom. The lowest BCUT2D eigenvalue weighted by Gasteiger charge is -2.33. The molecule has 0 aliphatic heterocycles. The molecule has 2 fully saturated rings. The van der Waals surface area contributed by atoms with Crippen LogP contribution in [0.1, 0.15) is 45.4 Å². The van der Waals surface area contributed by atoms with E-state index in [1.165, 1.54) is 38.5 Å². The molecule has 2 aliphatic carbocycles. The number of aliphatic hydroxyl groups is 1. The zero-order chi connectivity index (χ0) is 10.7. The fraction of sp³-hybridized carbons (Fsp3) is 1.00. The topological polar surface area (TPSA) is 32.3 Å². The lowest BCUT2D eigenvalue weighted by Crippen LogP contribution is -2.42. The second-order valence-corrected chi connectivity index (χ2v) is 5.67. The van der Waals surface area contributed by atoms with Crippen LogP contribution in [-0.4, -0.2) is 24.3 Å². The van der Waals surface area contributed by atoms with Gasteiger partial charge in [-0.25, -0.2) is 0 Å². The third kappa shape index (κ3) is 3.46. The van der Waals surface area contributed by atoms with Crippen molar-refractivity contribution >= 4 is 0 Å². The molecular formula is C13H25NO. The number of hydrogen-bond donors (Lipinski definition) is 2. The smallest absolute Gasteiger partial charge is 0.0587 e. The van der Waals surface area contributed by atoms with E-state index in [9.17, 15) is 5.11 Å². The lowest BCUT2D eigenvalue weighted by atomic mass is 9.79. The van der Waals surface area contributed by atoms with Crippen molar-refractivity contribution in [1.29, 1.82) is 0 Å².